The third-order valence-corrected chi connectivity index (χ3v) is 2.81. The van der Waals surface area contributed by atoms with Crippen LogP contribution in [0.5, 0.6) is 5.75 Å². The first-order valence-electron chi connectivity index (χ1n) is 5.72. The predicted molar refractivity (Wildman–Crippen MR) is 65.8 cm³/mol. The summed E-state index contributed by atoms with van der Waals surface area (Å²) in [5.41, 5.74) is 1.47. The fourth-order valence-corrected chi connectivity index (χ4v) is 2.05. The van der Waals surface area contributed by atoms with Gasteiger partial charge in [-0.25, -0.2) is 0 Å². The summed E-state index contributed by atoms with van der Waals surface area (Å²) in [6, 6.07) is 7.61. The van der Waals surface area contributed by atoms with Gasteiger partial charge in [0.25, 0.3) is 0 Å². The molecule has 0 bridgehead atoms. The first kappa shape index (κ1) is 11.9. The van der Waals surface area contributed by atoms with Crippen LogP contribution >= 0.6 is 0 Å². The Morgan fingerprint density at radius 1 is 1.41 bits per heavy atom. The lowest BCUT2D eigenvalue weighted by molar-refractivity contribution is -0.147. The van der Waals surface area contributed by atoms with Crippen LogP contribution in [0.2, 0.25) is 0 Å². The van der Waals surface area contributed by atoms with Crippen LogP contribution in [0.4, 0.5) is 0 Å². The van der Waals surface area contributed by atoms with E-state index in [0.717, 1.165) is 11.3 Å². The Labute approximate surface area is 101 Å². The van der Waals surface area contributed by atoms with Gasteiger partial charge in [0.2, 0.25) is 5.79 Å². The van der Waals surface area contributed by atoms with Crippen molar-refractivity contribution in [3.05, 3.63) is 35.4 Å². The maximum Gasteiger partial charge on any atom is 0.237 e. The number of hydrogen-bond acceptors (Lipinski definition) is 3. The quantitative estimate of drug-likeness (QED) is 0.803. The maximum atomic E-state index is 11.7. The van der Waals surface area contributed by atoms with Crippen molar-refractivity contribution >= 4 is 11.9 Å². The summed E-state index contributed by atoms with van der Waals surface area (Å²) in [4.78, 5) is 11.7. The van der Waals surface area contributed by atoms with E-state index < -0.39 is 5.79 Å². The molecule has 2 rings (SSSR count). The van der Waals surface area contributed by atoms with Gasteiger partial charge in [0, 0.05) is 19.1 Å². The molecule has 17 heavy (non-hydrogen) atoms. The Morgan fingerprint density at radius 3 is 2.76 bits per heavy atom. The molecule has 1 aromatic carbocycles. The van der Waals surface area contributed by atoms with Gasteiger partial charge in [-0.05, 0) is 26.0 Å². The van der Waals surface area contributed by atoms with Gasteiger partial charge >= 0.3 is 0 Å². The minimum Gasteiger partial charge on any atom is -0.458 e. The summed E-state index contributed by atoms with van der Waals surface area (Å²) in [5.74, 6) is -0.265. The van der Waals surface area contributed by atoms with E-state index in [1.165, 1.54) is 6.92 Å². The topological polar surface area (TPSA) is 35.5 Å². The Kier molecular flexibility index (Phi) is 3.03. The van der Waals surface area contributed by atoms with Gasteiger partial charge in [-0.3, -0.25) is 4.79 Å². The van der Waals surface area contributed by atoms with Gasteiger partial charge in [-0.1, -0.05) is 18.2 Å². The highest BCUT2D eigenvalue weighted by molar-refractivity contribution is 6.00. The molecule has 1 aromatic rings. The molecule has 3 heteroatoms. The zero-order valence-corrected chi connectivity index (χ0v) is 10.3. The van der Waals surface area contributed by atoms with Crippen molar-refractivity contribution in [1.82, 2.24) is 0 Å². The minimum atomic E-state index is -0.977. The van der Waals surface area contributed by atoms with Crippen molar-refractivity contribution in [2.75, 3.05) is 6.61 Å². The molecule has 0 N–H and O–H groups in total. The van der Waals surface area contributed by atoms with Gasteiger partial charge in [-0.2, -0.15) is 0 Å². The van der Waals surface area contributed by atoms with Crippen LogP contribution in [0.15, 0.2) is 29.8 Å². The van der Waals surface area contributed by atoms with Crippen molar-refractivity contribution in [3.63, 3.8) is 0 Å². The highest BCUT2D eigenvalue weighted by Gasteiger charge is 2.38. The normalized spacial score (nSPS) is 22.4. The van der Waals surface area contributed by atoms with E-state index in [1.807, 2.05) is 37.3 Å². The molecule has 1 aliphatic rings. The average Bonchev–Trinajstić information content (AvgIpc) is 2.27. The number of fused-ring (bicyclic) bond motifs is 1. The molecule has 0 spiro atoms. The largest absolute Gasteiger partial charge is 0.458 e. The lowest BCUT2D eigenvalue weighted by atomic mass is 9.97. The number of ketones is 1. The lowest BCUT2D eigenvalue weighted by Gasteiger charge is -2.35. The molecule has 0 aromatic heterocycles. The molecule has 0 aliphatic carbocycles. The minimum absolute atomic E-state index is 0.0320. The second kappa shape index (κ2) is 4.34. The molecule has 1 atom stereocenters. The lowest BCUT2D eigenvalue weighted by Crippen LogP contribution is -2.42. The Balaban J connectivity index is 2.50. The first-order valence-corrected chi connectivity index (χ1v) is 5.72. The number of hydrogen-bond donors (Lipinski definition) is 0. The molecule has 1 unspecified atom stereocenters. The second-order valence-electron chi connectivity index (χ2n) is 4.13. The molecule has 1 aliphatic heterocycles. The van der Waals surface area contributed by atoms with Gasteiger partial charge in [0.1, 0.15) is 5.75 Å². The molecule has 0 amide bonds. The summed E-state index contributed by atoms with van der Waals surface area (Å²) < 4.78 is 11.4. The maximum absolute atomic E-state index is 11.7. The van der Waals surface area contributed by atoms with E-state index in [2.05, 4.69) is 0 Å². The van der Waals surface area contributed by atoms with E-state index in [-0.39, 0.29) is 5.78 Å². The number of ether oxygens (including phenoxy) is 2. The van der Waals surface area contributed by atoms with Crippen molar-refractivity contribution in [2.24, 2.45) is 0 Å². The van der Waals surface area contributed by atoms with E-state index in [4.69, 9.17) is 9.47 Å². The fraction of sp³-hybridized carbons (Fsp3) is 0.357. The third kappa shape index (κ3) is 2.11. The van der Waals surface area contributed by atoms with Crippen LogP contribution in [0, 0.1) is 0 Å². The Bertz CT molecular complexity index is 476. The second-order valence-corrected chi connectivity index (χ2v) is 4.13. The summed E-state index contributed by atoms with van der Waals surface area (Å²) in [5, 5.41) is 0. The van der Waals surface area contributed by atoms with Gasteiger partial charge < -0.3 is 9.47 Å². The zero-order chi connectivity index (χ0) is 12.5. The predicted octanol–water partition coefficient (Wildman–Crippen LogP) is 2.80. The van der Waals surface area contributed by atoms with Crippen LogP contribution in [0.25, 0.3) is 6.08 Å². The van der Waals surface area contributed by atoms with Gasteiger partial charge in [0.15, 0.2) is 5.78 Å². The third-order valence-electron chi connectivity index (χ3n) is 2.81. The summed E-state index contributed by atoms with van der Waals surface area (Å²) in [6.45, 7) is 5.68. The first-order chi connectivity index (χ1) is 8.07. The molecule has 1 heterocycles. The SMILES string of the molecule is CCOC1(C)Oc2ccccc2C=C1C(C)=O. The molecular formula is C14H16O3. The highest BCUT2D eigenvalue weighted by atomic mass is 16.7. The summed E-state index contributed by atoms with van der Waals surface area (Å²) >= 11 is 0. The summed E-state index contributed by atoms with van der Waals surface area (Å²) in [7, 11) is 0. The van der Waals surface area contributed by atoms with Crippen molar-refractivity contribution < 1.29 is 14.3 Å². The monoisotopic (exact) mass is 232 g/mol. The smallest absolute Gasteiger partial charge is 0.237 e. The van der Waals surface area contributed by atoms with Crippen LogP contribution < -0.4 is 4.74 Å². The van der Waals surface area contributed by atoms with Crippen molar-refractivity contribution in [2.45, 2.75) is 26.6 Å². The highest BCUT2D eigenvalue weighted by Crippen LogP contribution is 2.36. The number of carbonyl (C=O) groups excluding carboxylic acids is 1. The van der Waals surface area contributed by atoms with Crippen LogP contribution in [0.1, 0.15) is 26.3 Å². The van der Waals surface area contributed by atoms with Crippen LogP contribution in [-0.2, 0) is 9.53 Å². The Morgan fingerprint density at radius 2 is 2.12 bits per heavy atom. The molecular weight excluding hydrogens is 216 g/mol. The molecule has 0 fully saturated rings. The number of carbonyl (C=O) groups is 1. The standard InChI is InChI=1S/C14H16O3/c1-4-16-14(3)12(10(2)15)9-11-7-5-6-8-13(11)17-14/h5-9H,4H2,1-3H3. The van der Waals surface area contributed by atoms with E-state index in [0.29, 0.717) is 12.2 Å². The number of rotatable bonds is 3. The van der Waals surface area contributed by atoms with Crippen LogP contribution in [0.3, 0.4) is 0 Å². The molecule has 90 valence electrons. The molecule has 0 radical (unpaired) electrons. The van der Waals surface area contributed by atoms with E-state index in [9.17, 15) is 4.79 Å². The van der Waals surface area contributed by atoms with E-state index in [1.54, 1.807) is 6.92 Å². The molecule has 0 saturated heterocycles. The molecule has 0 saturated carbocycles. The van der Waals surface area contributed by atoms with Crippen molar-refractivity contribution in [3.8, 4) is 5.75 Å². The van der Waals surface area contributed by atoms with E-state index >= 15 is 0 Å². The Hall–Kier alpha value is -1.61. The average molecular weight is 232 g/mol. The van der Waals surface area contributed by atoms with Crippen molar-refractivity contribution in [1.29, 1.82) is 0 Å². The van der Waals surface area contributed by atoms with Crippen LogP contribution in [-0.4, -0.2) is 18.2 Å². The number of para-hydroxylation sites is 1. The molecule has 3 nitrogen and oxygen atoms in total. The number of Topliss-reactive ketones (excluding diaryl/α,β-unsaturated/α-hetero) is 1. The van der Waals surface area contributed by atoms with Gasteiger partial charge in [-0.15, -0.1) is 0 Å². The zero-order valence-electron chi connectivity index (χ0n) is 10.3. The number of benzene rings is 1. The van der Waals surface area contributed by atoms with Gasteiger partial charge in [0.05, 0.1) is 5.57 Å². The summed E-state index contributed by atoms with van der Waals surface area (Å²) in [6.07, 6.45) is 1.84. The fourth-order valence-electron chi connectivity index (χ4n) is 2.05.